The van der Waals surface area contributed by atoms with E-state index in [0.29, 0.717) is 11.5 Å². The van der Waals surface area contributed by atoms with Gasteiger partial charge in [0.2, 0.25) is 5.95 Å². The van der Waals surface area contributed by atoms with Crippen LogP contribution in [0.2, 0.25) is 0 Å². The van der Waals surface area contributed by atoms with Crippen LogP contribution in [0.4, 0.5) is 5.95 Å². The van der Waals surface area contributed by atoms with Crippen LogP contribution in [0.5, 0.6) is 0 Å². The third-order valence-electron chi connectivity index (χ3n) is 3.70. The Bertz CT molecular complexity index is 685. The summed E-state index contributed by atoms with van der Waals surface area (Å²) in [5.41, 5.74) is 8.35. The Hall–Kier alpha value is -2.47. The Morgan fingerprint density at radius 1 is 1.45 bits per heavy atom. The van der Waals surface area contributed by atoms with E-state index >= 15 is 0 Å². The van der Waals surface area contributed by atoms with Gasteiger partial charge >= 0.3 is 0 Å². The van der Waals surface area contributed by atoms with E-state index in [0.717, 1.165) is 36.3 Å². The van der Waals surface area contributed by atoms with Gasteiger partial charge in [0.1, 0.15) is 11.9 Å². The lowest BCUT2D eigenvalue weighted by atomic mass is 9.95. The van der Waals surface area contributed by atoms with Gasteiger partial charge < -0.3 is 20.6 Å². The van der Waals surface area contributed by atoms with E-state index in [1.165, 1.54) is 0 Å². The summed E-state index contributed by atoms with van der Waals surface area (Å²) >= 11 is 0. The van der Waals surface area contributed by atoms with E-state index < -0.39 is 0 Å². The van der Waals surface area contributed by atoms with Crippen LogP contribution in [0.1, 0.15) is 18.5 Å². The fourth-order valence-electron chi connectivity index (χ4n) is 2.64. The fraction of sp³-hybridized carbons (Fsp3) is 0.312. The molecule has 2 heterocycles. The Morgan fingerprint density at radius 2 is 2.32 bits per heavy atom. The van der Waals surface area contributed by atoms with Crippen molar-refractivity contribution >= 4 is 17.2 Å². The molecule has 6 nitrogen and oxygen atoms in total. The third-order valence-corrected chi connectivity index (χ3v) is 3.70. The molecule has 0 bridgehead atoms. The quantitative estimate of drug-likeness (QED) is 0.833. The maximum absolute atomic E-state index is 8.16. The second kappa shape index (κ2) is 6.11. The number of hydrogen-bond donors (Lipinski definition) is 2. The van der Waals surface area contributed by atoms with E-state index in [2.05, 4.69) is 9.97 Å². The van der Waals surface area contributed by atoms with Gasteiger partial charge in [-0.05, 0) is 31.1 Å². The number of hydrogen-bond acceptors (Lipinski definition) is 6. The zero-order valence-corrected chi connectivity index (χ0v) is 12.4. The summed E-state index contributed by atoms with van der Waals surface area (Å²) in [7, 11) is 1.62. The summed E-state index contributed by atoms with van der Waals surface area (Å²) in [5.74, 6) is 0.926. The number of rotatable bonds is 3. The lowest BCUT2D eigenvalue weighted by Crippen LogP contribution is -2.17. The zero-order valence-electron chi connectivity index (χ0n) is 12.4. The van der Waals surface area contributed by atoms with Crippen molar-refractivity contribution in [2.75, 3.05) is 19.5 Å². The average molecular weight is 298 g/mol. The maximum atomic E-state index is 8.16. The van der Waals surface area contributed by atoms with Crippen molar-refractivity contribution in [1.82, 2.24) is 9.97 Å². The predicted molar refractivity (Wildman–Crippen MR) is 84.3 cm³/mol. The number of nitrogens with zero attached hydrogens (tertiary/aromatic N) is 2. The number of ether oxygens (including phenoxy) is 2. The van der Waals surface area contributed by atoms with Crippen molar-refractivity contribution in [3.63, 3.8) is 0 Å². The summed E-state index contributed by atoms with van der Waals surface area (Å²) < 4.78 is 11.2. The van der Waals surface area contributed by atoms with Gasteiger partial charge in [-0.1, -0.05) is 6.08 Å². The fourth-order valence-corrected chi connectivity index (χ4v) is 2.64. The van der Waals surface area contributed by atoms with Gasteiger partial charge in [0.15, 0.2) is 0 Å². The van der Waals surface area contributed by atoms with Gasteiger partial charge in [-0.25, -0.2) is 9.97 Å². The molecule has 6 heteroatoms. The van der Waals surface area contributed by atoms with Crippen LogP contribution in [-0.4, -0.2) is 35.5 Å². The lowest BCUT2D eigenvalue weighted by Gasteiger charge is -2.19. The van der Waals surface area contributed by atoms with E-state index in [9.17, 15) is 0 Å². The van der Waals surface area contributed by atoms with Gasteiger partial charge in [0, 0.05) is 23.9 Å². The van der Waals surface area contributed by atoms with E-state index in [1.54, 1.807) is 25.4 Å². The number of nitrogen functional groups attached to an aromatic ring is 1. The van der Waals surface area contributed by atoms with Crippen LogP contribution in [0, 0.1) is 5.41 Å². The van der Waals surface area contributed by atoms with Crippen LogP contribution in [-0.2, 0) is 9.47 Å². The molecule has 0 amide bonds. The van der Waals surface area contributed by atoms with Gasteiger partial charge in [-0.15, -0.1) is 0 Å². The smallest absolute Gasteiger partial charge is 0.220 e. The van der Waals surface area contributed by atoms with E-state index in [1.807, 2.05) is 12.2 Å². The summed E-state index contributed by atoms with van der Waals surface area (Å²) in [4.78, 5) is 8.12. The number of aromatic nitrogens is 2. The molecule has 3 N–H and O–H groups in total. The molecule has 1 aliphatic carbocycles. The molecule has 0 saturated carbocycles. The predicted octanol–water partition coefficient (Wildman–Crippen LogP) is 2.11. The first-order valence-electron chi connectivity index (χ1n) is 7.16. The minimum absolute atomic E-state index is 0.0835. The van der Waals surface area contributed by atoms with Crippen molar-refractivity contribution in [2.45, 2.75) is 18.9 Å². The largest absolute Gasteiger partial charge is 0.498 e. The van der Waals surface area contributed by atoms with Crippen molar-refractivity contribution in [2.24, 2.45) is 0 Å². The molecule has 2 aliphatic rings. The van der Waals surface area contributed by atoms with Gasteiger partial charge in [0.25, 0.3) is 0 Å². The summed E-state index contributed by atoms with van der Waals surface area (Å²) in [6.45, 7) is 0.729. The highest BCUT2D eigenvalue weighted by atomic mass is 16.5. The third kappa shape index (κ3) is 2.78. The number of nitrogens with two attached hydrogens (primary N) is 1. The molecule has 0 spiro atoms. The van der Waals surface area contributed by atoms with E-state index in [-0.39, 0.29) is 12.1 Å². The normalized spacial score (nSPS) is 23.4. The molecule has 114 valence electrons. The van der Waals surface area contributed by atoms with Gasteiger partial charge in [0.05, 0.1) is 18.5 Å². The molecular weight excluding hydrogens is 280 g/mol. The van der Waals surface area contributed by atoms with Crippen LogP contribution in [0.3, 0.4) is 0 Å². The van der Waals surface area contributed by atoms with Crippen LogP contribution >= 0.6 is 0 Å². The summed E-state index contributed by atoms with van der Waals surface area (Å²) in [5, 5.41) is 8.16. The van der Waals surface area contributed by atoms with Crippen molar-refractivity contribution in [3.05, 3.63) is 47.5 Å². The molecule has 22 heavy (non-hydrogen) atoms. The van der Waals surface area contributed by atoms with E-state index in [4.69, 9.17) is 20.6 Å². The Kier molecular flexibility index (Phi) is 4.02. The monoisotopic (exact) mass is 298 g/mol. The highest BCUT2D eigenvalue weighted by Gasteiger charge is 2.26. The first kappa shape index (κ1) is 14.5. The topological polar surface area (TPSA) is 94.1 Å². The molecule has 1 unspecified atom stereocenters. The molecule has 1 aromatic heterocycles. The Morgan fingerprint density at radius 3 is 3.00 bits per heavy atom. The lowest BCUT2D eigenvalue weighted by molar-refractivity contribution is 0.0864. The van der Waals surface area contributed by atoms with Gasteiger partial charge in [-0.3, -0.25) is 0 Å². The van der Waals surface area contributed by atoms with Crippen LogP contribution < -0.4 is 5.73 Å². The standard InChI is InChI=1S/C16H18N4O2/c1-21-15(14-3-2-8-22-14)11-9-10(4-5-12(11)17)13-6-7-19-16(18)20-13/h4-7,9,14,17H,2-3,8H2,1H3,(H2,18,19,20)/b15-11-,17-12?. The highest BCUT2D eigenvalue weighted by Crippen LogP contribution is 2.29. The average Bonchev–Trinajstić information content (AvgIpc) is 3.04. The molecule has 0 radical (unpaired) electrons. The minimum Gasteiger partial charge on any atom is -0.498 e. The van der Waals surface area contributed by atoms with Crippen molar-refractivity contribution < 1.29 is 9.47 Å². The van der Waals surface area contributed by atoms with Crippen LogP contribution in [0.25, 0.3) is 5.57 Å². The Balaban J connectivity index is 2.03. The minimum atomic E-state index is -0.0835. The second-order valence-corrected chi connectivity index (χ2v) is 5.13. The number of nitrogens with one attached hydrogen (secondary N) is 1. The van der Waals surface area contributed by atoms with Crippen molar-refractivity contribution in [3.8, 4) is 0 Å². The number of allylic oxidation sites excluding steroid dienone is 5. The molecular formula is C16H18N4O2. The molecule has 1 fully saturated rings. The zero-order chi connectivity index (χ0) is 15.5. The summed E-state index contributed by atoms with van der Waals surface area (Å²) in [6.07, 6.45) is 8.92. The molecule has 1 aliphatic heterocycles. The second-order valence-electron chi connectivity index (χ2n) is 5.13. The van der Waals surface area contributed by atoms with Gasteiger partial charge in [-0.2, -0.15) is 0 Å². The number of anilines is 1. The number of methoxy groups -OCH3 is 1. The SMILES string of the molecule is CO/C(=C1/C=C(c2ccnc(N)n2)C=CC1=N)C1CCCO1. The Labute approximate surface area is 128 Å². The molecule has 0 aromatic carbocycles. The maximum Gasteiger partial charge on any atom is 0.220 e. The first-order valence-corrected chi connectivity index (χ1v) is 7.16. The molecule has 1 saturated heterocycles. The highest BCUT2D eigenvalue weighted by molar-refractivity contribution is 6.13. The molecule has 1 aromatic rings. The first-order chi connectivity index (χ1) is 10.7. The van der Waals surface area contributed by atoms with Crippen LogP contribution in [0.15, 0.2) is 41.8 Å². The molecule has 1 atom stereocenters. The summed E-state index contributed by atoms with van der Waals surface area (Å²) in [6, 6.07) is 1.79. The van der Waals surface area contributed by atoms with Crippen molar-refractivity contribution in [1.29, 1.82) is 5.41 Å². The molecule has 3 rings (SSSR count).